The van der Waals surface area contributed by atoms with Crippen LogP contribution in [0.2, 0.25) is 0 Å². The van der Waals surface area contributed by atoms with Crippen molar-refractivity contribution in [2.45, 2.75) is 5.92 Å². The predicted octanol–water partition coefficient (Wildman–Crippen LogP) is 3.08. The first kappa shape index (κ1) is 18.5. The molecule has 1 N–H and O–H groups in total. The molecular weight excluding hydrogens is 417 g/mol. The Morgan fingerprint density at radius 2 is 1.39 bits per heavy atom. The summed E-state index contributed by atoms with van der Waals surface area (Å²) >= 11 is -0.308. The molecular formula is C23H19NO3Se. The van der Waals surface area contributed by atoms with Crippen molar-refractivity contribution in [3.05, 3.63) is 90.0 Å². The number of alkyl carbamates (subject to hydrolysis) is 1. The first-order valence-electron chi connectivity index (χ1n) is 9.07. The summed E-state index contributed by atoms with van der Waals surface area (Å²) < 4.78 is 6.45. The van der Waals surface area contributed by atoms with Crippen LogP contribution in [0.5, 0.6) is 0 Å². The predicted molar refractivity (Wildman–Crippen MR) is 110 cm³/mol. The molecule has 0 saturated carbocycles. The summed E-state index contributed by atoms with van der Waals surface area (Å²) in [4.78, 5) is 24.2. The Balaban J connectivity index is 1.33. The van der Waals surface area contributed by atoms with E-state index < -0.39 is 6.09 Å². The number of hydrogen-bond donors (Lipinski definition) is 1. The van der Waals surface area contributed by atoms with Gasteiger partial charge in [0.25, 0.3) is 0 Å². The van der Waals surface area contributed by atoms with Crippen LogP contribution in [0.3, 0.4) is 0 Å². The van der Waals surface area contributed by atoms with E-state index in [0.717, 1.165) is 4.46 Å². The van der Waals surface area contributed by atoms with Crippen LogP contribution in [0.15, 0.2) is 78.9 Å². The van der Waals surface area contributed by atoms with Crippen molar-refractivity contribution in [3.63, 3.8) is 0 Å². The Morgan fingerprint density at radius 1 is 0.821 bits per heavy atom. The third-order valence-electron chi connectivity index (χ3n) is 4.70. The van der Waals surface area contributed by atoms with Crippen LogP contribution >= 0.6 is 0 Å². The number of carbonyl (C=O) groups is 2. The van der Waals surface area contributed by atoms with E-state index in [4.69, 9.17) is 4.74 Å². The van der Waals surface area contributed by atoms with Crippen LogP contribution in [-0.4, -0.2) is 38.9 Å². The monoisotopic (exact) mass is 437 g/mol. The third-order valence-corrected chi connectivity index (χ3v) is 6.54. The zero-order valence-corrected chi connectivity index (χ0v) is 16.8. The number of fused-ring (bicyclic) bond motifs is 3. The van der Waals surface area contributed by atoms with Gasteiger partial charge in [0, 0.05) is 0 Å². The molecule has 140 valence electrons. The Labute approximate surface area is 170 Å². The molecule has 0 saturated heterocycles. The van der Waals surface area contributed by atoms with Gasteiger partial charge in [0.15, 0.2) is 0 Å². The van der Waals surface area contributed by atoms with Crippen LogP contribution in [0.1, 0.15) is 17.0 Å². The zero-order chi connectivity index (χ0) is 19.3. The molecule has 0 heterocycles. The number of carbonyl (C=O) groups excluding carboxylic acids is 2. The molecule has 28 heavy (non-hydrogen) atoms. The summed E-state index contributed by atoms with van der Waals surface area (Å²) in [7, 11) is 0. The molecule has 0 spiro atoms. The average Bonchev–Trinajstić information content (AvgIpc) is 3.05. The Hall–Kier alpha value is -2.88. The Kier molecular flexibility index (Phi) is 5.56. The summed E-state index contributed by atoms with van der Waals surface area (Å²) in [5.41, 5.74) is 4.71. The molecule has 0 aliphatic heterocycles. The van der Waals surface area contributed by atoms with Crippen molar-refractivity contribution in [1.29, 1.82) is 0 Å². The first-order valence-corrected chi connectivity index (χ1v) is 10.8. The van der Waals surface area contributed by atoms with Crippen LogP contribution in [0.4, 0.5) is 4.79 Å². The number of amides is 1. The van der Waals surface area contributed by atoms with E-state index in [9.17, 15) is 9.59 Å². The molecule has 0 radical (unpaired) electrons. The van der Waals surface area contributed by atoms with E-state index >= 15 is 0 Å². The van der Waals surface area contributed by atoms with Crippen molar-refractivity contribution in [3.8, 4) is 11.1 Å². The molecule has 0 bridgehead atoms. The molecule has 3 aromatic rings. The molecule has 0 fully saturated rings. The van der Waals surface area contributed by atoms with Crippen LogP contribution in [-0.2, 0) is 9.53 Å². The molecule has 1 aliphatic rings. The summed E-state index contributed by atoms with van der Waals surface area (Å²) in [5, 5.41) is 2.58. The fourth-order valence-corrected chi connectivity index (χ4v) is 4.92. The van der Waals surface area contributed by atoms with Gasteiger partial charge in [-0.3, -0.25) is 0 Å². The van der Waals surface area contributed by atoms with E-state index in [1.165, 1.54) is 22.3 Å². The zero-order valence-electron chi connectivity index (χ0n) is 15.1. The van der Waals surface area contributed by atoms with Gasteiger partial charge in [-0.05, 0) is 0 Å². The molecule has 1 aliphatic carbocycles. The van der Waals surface area contributed by atoms with Crippen molar-refractivity contribution < 1.29 is 14.3 Å². The summed E-state index contributed by atoms with van der Waals surface area (Å²) in [6.07, 6.45) is -0.556. The Bertz CT molecular complexity index is 958. The van der Waals surface area contributed by atoms with Gasteiger partial charge in [-0.15, -0.1) is 0 Å². The molecule has 0 unspecified atom stereocenters. The maximum absolute atomic E-state index is 12.1. The van der Waals surface area contributed by atoms with Gasteiger partial charge >= 0.3 is 170 Å². The van der Waals surface area contributed by atoms with Gasteiger partial charge in [0.2, 0.25) is 0 Å². The maximum atomic E-state index is 12.1. The van der Waals surface area contributed by atoms with Gasteiger partial charge in [-0.25, -0.2) is 0 Å². The number of ether oxygens (including phenoxy) is 1. The minimum atomic E-state index is -0.556. The van der Waals surface area contributed by atoms with E-state index in [2.05, 4.69) is 29.6 Å². The molecule has 0 aromatic heterocycles. The third kappa shape index (κ3) is 4.01. The van der Waals surface area contributed by atoms with E-state index in [-0.39, 0.29) is 38.7 Å². The quantitative estimate of drug-likeness (QED) is 0.605. The van der Waals surface area contributed by atoms with Gasteiger partial charge in [-0.2, -0.15) is 0 Å². The van der Waals surface area contributed by atoms with Gasteiger partial charge in [0.1, 0.15) is 0 Å². The number of benzene rings is 3. The van der Waals surface area contributed by atoms with E-state index in [1.54, 1.807) is 0 Å². The van der Waals surface area contributed by atoms with Crippen molar-refractivity contribution in [2.24, 2.45) is 0 Å². The number of nitrogens with one attached hydrogen (secondary N) is 1. The number of hydrogen-bond acceptors (Lipinski definition) is 3. The summed E-state index contributed by atoms with van der Waals surface area (Å²) in [6, 6.07) is 26.0. The Morgan fingerprint density at radius 3 is 2.04 bits per heavy atom. The summed E-state index contributed by atoms with van der Waals surface area (Å²) in [5.74, 6) is 0.0161. The van der Waals surface area contributed by atoms with Crippen LogP contribution in [0.25, 0.3) is 11.1 Å². The second kappa shape index (κ2) is 8.42. The topological polar surface area (TPSA) is 55.4 Å². The van der Waals surface area contributed by atoms with Crippen molar-refractivity contribution >= 4 is 30.2 Å². The normalized spacial score (nSPS) is 12.1. The molecule has 3 aromatic carbocycles. The average molecular weight is 436 g/mol. The standard InChI is InChI=1S/C23H19NO3Se/c25-22(28-16-8-2-1-3-9-16)14-24-23(26)27-15-21-19-12-6-4-10-17(19)18-11-5-7-13-20(18)21/h1-13,21H,14-15H2,(H,24,26). The minimum absolute atomic E-state index is 0.00667. The fourth-order valence-electron chi connectivity index (χ4n) is 3.45. The molecule has 4 rings (SSSR count). The van der Waals surface area contributed by atoms with E-state index in [0.29, 0.717) is 0 Å². The van der Waals surface area contributed by atoms with Gasteiger partial charge < -0.3 is 0 Å². The number of rotatable bonds is 6. The van der Waals surface area contributed by atoms with E-state index in [1.807, 2.05) is 54.6 Å². The molecule has 4 nitrogen and oxygen atoms in total. The van der Waals surface area contributed by atoms with Crippen LogP contribution in [0, 0.1) is 0 Å². The van der Waals surface area contributed by atoms with Crippen LogP contribution < -0.4 is 9.78 Å². The van der Waals surface area contributed by atoms with Gasteiger partial charge in [-0.1, -0.05) is 0 Å². The van der Waals surface area contributed by atoms with Crippen molar-refractivity contribution in [1.82, 2.24) is 5.32 Å². The summed E-state index contributed by atoms with van der Waals surface area (Å²) in [6.45, 7) is 0.240. The molecule has 1 amide bonds. The molecule has 5 heteroatoms. The van der Waals surface area contributed by atoms with Gasteiger partial charge in [0.05, 0.1) is 0 Å². The molecule has 0 atom stereocenters. The fraction of sp³-hybridized carbons (Fsp3) is 0.130. The second-order valence-electron chi connectivity index (χ2n) is 6.47. The first-order chi connectivity index (χ1) is 13.7. The SMILES string of the molecule is O=C(NCC(=O)[Se]c1ccccc1)OCC1c2ccccc2-c2ccccc21. The van der Waals surface area contributed by atoms with Crippen molar-refractivity contribution in [2.75, 3.05) is 13.2 Å². The second-order valence-corrected chi connectivity index (χ2v) is 8.84.